The summed E-state index contributed by atoms with van der Waals surface area (Å²) >= 11 is 5.78. The number of pyridine rings is 1. The minimum Gasteiger partial charge on any atom is -0.337 e. The molecule has 2 rings (SSSR count). The highest BCUT2D eigenvalue weighted by Crippen LogP contribution is 2.17. The average Bonchev–Trinajstić information content (AvgIpc) is 2.91. The van der Waals surface area contributed by atoms with E-state index < -0.39 is 10.0 Å². The molecule has 0 aliphatic carbocycles. The summed E-state index contributed by atoms with van der Waals surface area (Å²) < 4.78 is 28.5. The number of nitrogens with zero attached hydrogens (tertiary/aromatic N) is 3. The van der Waals surface area contributed by atoms with Gasteiger partial charge in [0.15, 0.2) is 0 Å². The fourth-order valence-electron chi connectivity index (χ4n) is 1.69. The first kappa shape index (κ1) is 15.0. The minimum atomic E-state index is -3.59. The van der Waals surface area contributed by atoms with Crippen molar-refractivity contribution >= 4 is 21.6 Å². The second kappa shape index (κ2) is 6.83. The lowest BCUT2D eigenvalue weighted by atomic mass is 10.3. The van der Waals surface area contributed by atoms with Crippen molar-refractivity contribution in [2.24, 2.45) is 0 Å². The van der Waals surface area contributed by atoms with E-state index in [1.807, 2.05) is 10.8 Å². The Kier molecular flexibility index (Phi) is 5.11. The second-order valence-corrected chi connectivity index (χ2v) is 6.29. The number of sulfonamides is 1. The molecular weight excluding hydrogens is 300 g/mol. The van der Waals surface area contributed by atoms with Gasteiger partial charge in [0.1, 0.15) is 10.0 Å². The van der Waals surface area contributed by atoms with Crippen molar-refractivity contribution in [3.05, 3.63) is 42.2 Å². The van der Waals surface area contributed by atoms with Crippen molar-refractivity contribution in [3.8, 4) is 0 Å². The summed E-state index contributed by atoms with van der Waals surface area (Å²) in [5.41, 5.74) is 0. The summed E-state index contributed by atoms with van der Waals surface area (Å²) in [5, 5.41) is -0.0154. The molecule has 0 atom stereocenters. The third-order valence-corrected chi connectivity index (χ3v) is 4.61. The molecule has 8 heteroatoms. The van der Waals surface area contributed by atoms with E-state index in [4.69, 9.17) is 11.6 Å². The lowest BCUT2D eigenvalue weighted by Gasteiger charge is -2.07. The van der Waals surface area contributed by atoms with Crippen molar-refractivity contribution in [1.29, 1.82) is 0 Å². The van der Waals surface area contributed by atoms with Crippen LogP contribution in [0.1, 0.15) is 12.8 Å². The number of halogens is 1. The van der Waals surface area contributed by atoms with Gasteiger partial charge in [0, 0.05) is 31.7 Å². The van der Waals surface area contributed by atoms with Crippen LogP contribution in [-0.4, -0.2) is 29.5 Å². The zero-order chi connectivity index (χ0) is 14.4. The summed E-state index contributed by atoms with van der Waals surface area (Å²) in [6.07, 6.45) is 8.37. The molecule has 0 aliphatic heterocycles. The quantitative estimate of drug-likeness (QED) is 0.623. The van der Waals surface area contributed by atoms with E-state index in [0.717, 1.165) is 19.4 Å². The van der Waals surface area contributed by atoms with Gasteiger partial charge >= 0.3 is 0 Å². The predicted molar refractivity (Wildman–Crippen MR) is 75.9 cm³/mol. The highest BCUT2D eigenvalue weighted by atomic mass is 35.5. The molecule has 0 unspecified atom stereocenters. The van der Waals surface area contributed by atoms with Crippen LogP contribution in [0.25, 0.3) is 0 Å². The van der Waals surface area contributed by atoms with Crippen LogP contribution in [0.15, 0.2) is 41.9 Å². The Morgan fingerprint density at radius 3 is 2.85 bits per heavy atom. The Hall–Kier alpha value is -1.44. The van der Waals surface area contributed by atoms with Crippen molar-refractivity contribution in [2.45, 2.75) is 24.3 Å². The Morgan fingerprint density at radius 1 is 1.30 bits per heavy atom. The summed E-state index contributed by atoms with van der Waals surface area (Å²) in [4.78, 5) is 7.71. The number of rotatable bonds is 7. The zero-order valence-electron chi connectivity index (χ0n) is 10.7. The van der Waals surface area contributed by atoms with Gasteiger partial charge in [0.2, 0.25) is 10.0 Å². The Bertz CT molecular complexity index is 643. The largest absolute Gasteiger partial charge is 0.337 e. The summed E-state index contributed by atoms with van der Waals surface area (Å²) in [7, 11) is -3.59. The first-order valence-corrected chi connectivity index (χ1v) is 8.01. The lowest BCUT2D eigenvalue weighted by Crippen LogP contribution is -2.25. The van der Waals surface area contributed by atoms with Crippen molar-refractivity contribution in [1.82, 2.24) is 19.3 Å². The molecule has 0 radical (unpaired) electrons. The van der Waals surface area contributed by atoms with Crippen molar-refractivity contribution in [3.63, 3.8) is 0 Å². The maximum atomic E-state index is 12.0. The molecule has 2 aromatic rings. The Balaban J connectivity index is 1.80. The Morgan fingerprint density at radius 2 is 2.15 bits per heavy atom. The van der Waals surface area contributed by atoms with Crippen LogP contribution in [0.3, 0.4) is 0 Å². The van der Waals surface area contributed by atoms with E-state index in [-0.39, 0.29) is 10.0 Å². The van der Waals surface area contributed by atoms with Gasteiger partial charge in [-0.05, 0) is 25.0 Å². The molecule has 108 valence electrons. The molecule has 0 bridgehead atoms. The number of nitrogens with one attached hydrogen (secondary N) is 1. The van der Waals surface area contributed by atoms with Gasteiger partial charge in [-0.25, -0.2) is 23.1 Å². The first-order chi connectivity index (χ1) is 9.59. The van der Waals surface area contributed by atoms with Crippen LogP contribution in [0.4, 0.5) is 0 Å². The molecule has 6 nitrogen and oxygen atoms in total. The van der Waals surface area contributed by atoms with Crippen LogP contribution in [0, 0.1) is 0 Å². The molecule has 0 aliphatic rings. The summed E-state index contributed by atoms with van der Waals surface area (Å²) in [6, 6.07) is 2.97. The third-order valence-electron chi connectivity index (χ3n) is 2.71. The molecular formula is C12H15ClN4O2S. The van der Waals surface area contributed by atoms with Crippen LogP contribution in [0.5, 0.6) is 0 Å². The van der Waals surface area contributed by atoms with Gasteiger partial charge in [0.05, 0.1) is 6.33 Å². The van der Waals surface area contributed by atoms with Gasteiger partial charge in [-0.2, -0.15) is 0 Å². The highest BCUT2D eigenvalue weighted by molar-refractivity contribution is 7.89. The van der Waals surface area contributed by atoms with E-state index in [1.54, 1.807) is 18.6 Å². The van der Waals surface area contributed by atoms with Crippen molar-refractivity contribution < 1.29 is 8.42 Å². The number of unbranched alkanes of at least 4 members (excludes halogenated alkanes) is 1. The van der Waals surface area contributed by atoms with Gasteiger partial charge in [0.25, 0.3) is 0 Å². The average molecular weight is 315 g/mol. The van der Waals surface area contributed by atoms with E-state index in [2.05, 4.69) is 14.7 Å². The number of hydrogen-bond acceptors (Lipinski definition) is 4. The van der Waals surface area contributed by atoms with Crippen LogP contribution in [-0.2, 0) is 16.6 Å². The molecule has 0 aromatic carbocycles. The van der Waals surface area contributed by atoms with Crippen LogP contribution in [0.2, 0.25) is 5.15 Å². The first-order valence-electron chi connectivity index (χ1n) is 6.15. The second-order valence-electron chi connectivity index (χ2n) is 4.20. The molecule has 0 saturated heterocycles. The van der Waals surface area contributed by atoms with Gasteiger partial charge in [-0.15, -0.1) is 0 Å². The highest BCUT2D eigenvalue weighted by Gasteiger charge is 2.17. The van der Waals surface area contributed by atoms with Crippen molar-refractivity contribution in [2.75, 3.05) is 6.54 Å². The maximum Gasteiger partial charge on any atom is 0.243 e. The molecule has 2 aromatic heterocycles. The molecule has 1 N–H and O–H groups in total. The number of imidazole rings is 1. The number of aromatic nitrogens is 3. The van der Waals surface area contributed by atoms with E-state index in [1.165, 1.54) is 12.3 Å². The van der Waals surface area contributed by atoms with Crippen LogP contribution >= 0.6 is 11.6 Å². The molecule has 20 heavy (non-hydrogen) atoms. The third kappa shape index (κ3) is 4.03. The predicted octanol–water partition coefficient (Wildman–Crippen LogP) is 1.69. The summed E-state index contributed by atoms with van der Waals surface area (Å²) in [6.45, 7) is 1.18. The lowest BCUT2D eigenvalue weighted by molar-refractivity contribution is 0.566. The molecule has 0 amide bonds. The van der Waals surface area contributed by atoms with Crippen LogP contribution < -0.4 is 4.72 Å². The molecule has 0 saturated carbocycles. The normalized spacial score (nSPS) is 11.7. The maximum absolute atomic E-state index is 12.0. The number of aryl methyl sites for hydroxylation is 1. The molecule has 0 fully saturated rings. The fourth-order valence-corrected chi connectivity index (χ4v) is 3.22. The molecule has 0 spiro atoms. The van der Waals surface area contributed by atoms with Gasteiger partial charge in [-0.1, -0.05) is 11.6 Å². The smallest absolute Gasteiger partial charge is 0.243 e. The van der Waals surface area contributed by atoms with Gasteiger partial charge in [-0.3, -0.25) is 0 Å². The van der Waals surface area contributed by atoms with E-state index in [0.29, 0.717) is 6.54 Å². The van der Waals surface area contributed by atoms with E-state index >= 15 is 0 Å². The van der Waals surface area contributed by atoms with E-state index in [9.17, 15) is 8.42 Å². The zero-order valence-corrected chi connectivity index (χ0v) is 12.3. The number of hydrogen-bond donors (Lipinski definition) is 1. The van der Waals surface area contributed by atoms with Gasteiger partial charge < -0.3 is 4.57 Å². The standard InChI is InChI=1S/C12H15ClN4O2S/c13-12-11(4-3-5-15-12)20(18,19)16-6-1-2-8-17-9-7-14-10-17/h3-5,7,9-10,16H,1-2,6,8H2. The Labute approximate surface area is 122 Å². The minimum absolute atomic E-state index is 0.0104. The summed E-state index contributed by atoms with van der Waals surface area (Å²) in [5.74, 6) is 0. The monoisotopic (exact) mass is 314 g/mol. The molecule has 2 heterocycles. The fraction of sp³-hybridized carbons (Fsp3) is 0.333. The SMILES string of the molecule is O=S(=O)(NCCCCn1ccnc1)c1cccnc1Cl. The topological polar surface area (TPSA) is 76.9 Å².